The lowest BCUT2D eigenvalue weighted by Gasteiger charge is -2.05. The molecule has 0 unspecified atom stereocenters. The number of nitrogens with zero attached hydrogens (tertiary/aromatic N) is 3. The Bertz CT molecular complexity index is 589. The van der Waals surface area contributed by atoms with Crippen LogP contribution in [0.1, 0.15) is 12.6 Å². The Morgan fingerprint density at radius 2 is 2.39 bits per heavy atom. The molecule has 0 fully saturated rings. The van der Waals surface area contributed by atoms with Crippen molar-refractivity contribution in [3.05, 3.63) is 40.8 Å². The van der Waals surface area contributed by atoms with Crippen molar-refractivity contribution in [1.29, 1.82) is 0 Å². The van der Waals surface area contributed by atoms with E-state index in [1.165, 1.54) is 29.3 Å². The topological polar surface area (TPSA) is 90.0 Å². The summed E-state index contributed by atoms with van der Waals surface area (Å²) in [7, 11) is 0. The number of hydrogen-bond donors (Lipinski definition) is 1. The first-order valence-corrected chi connectivity index (χ1v) is 5.44. The van der Waals surface area contributed by atoms with Crippen molar-refractivity contribution in [3.8, 4) is 0 Å². The Balaban J connectivity index is 2.05. The summed E-state index contributed by atoms with van der Waals surface area (Å²) in [6, 6.07) is 2.93. The summed E-state index contributed by atoms with van der Waals surface area (Å²) < 4.78 is 5.80. The van der Waals surface area contributed by atoms with E-state index in [4.69, 9.17) is 0 Å². The monoisotopic (exact) mass is 248 g/mol. The van der Waals surface area contributed by atoms with Gasteiger partial charge in [0.1, 0.15) is 12.8 Å². The van der Waals surface area contributed by atoms with Gasteiger partial charge < -0.3 is 9.84 Å². The maximum atomic E-state index is 11.6. The lowest BCUT2D eigenvalue weighted by atomic mass is 10.3. The maximum Gasteiger partial charge on any atom is 0.253 e. The van der Waals surface area contributed by atoms with Crippen LogP contribution in [-0.4, -0.2) is 20.6 Å². The Hall–Kier alpha value is -2.44. The normalized spacial score (nSPS) is 10.3. The van der Waals surface area contributed by atoms with Crippen LogP contribution in [0, 0.1) is 0 Å². The first kappa shape index (κ1) is 12.0. The molecule has 0 aliphatic heterocycles. The lowest BCUT2D eigenvalue weighted by Crippen LogP contribution is -2.27. The fourth-order valence-corrected chi connectivity index (χ4v) is 1.39. The molecule has 0 radical (unpaired) electrons. The van der Waals surface area contributed by atoms with Gasteiger partial charge in [0.2, 0.25) is 5.91 Å². The summed E-state index contributed by atoms with van der Waals surface area (Å²) in [4.78, 5) is 27.3. The number of nitrogens with one attached hydrogen (secondary N) is 1. The molecule has 94 valence electrons. The Labute approximate surface area is 102 Å². The maximum absolute atomic E-state index is 11.6. The smallest absolute Gasteiger partial charge is 0.253 e. The van der Waals surface area contributed by atoms with Crippen LogP contribution in [-0.2, 0) is 17.8 Å². The quantitative estimate of drug-likeness (QED) is 0.847. The van der Waals surface area contributed by atoms with E-state index < -0.39 is 0 Å². The van der Waals surface area contributed by atoms with Gasteiger partial charge in [0.25, 0.3) is 5.56 Å². The molecule has 2 aromatic heterocycles. The van der Waals surface area contributed by atoms with Gasteiger partial charge in [0.05, 0.1) is 6.33 Å². The molecular weight excluding hydrogens is 236 g/mol. The molecule has 1 N–H and O–H groups in total. The van der Waals surface area contributed by atoms with Gasteiger partial charge in [-0.3, -0.25) is 14.2 Å². The number of anilines is 1. The average Bonchev–Trinajstić information content (AvgIpc) is 2.84. The van der Waals surface area contributed by atoms with Gasteiger partial charge in [0, 0.05) is 17.8 Å². The molecule has 0 aliphatic carbocycles. The van der Waals surface area contributed by atoms with E-state index in [1.807, 2.05) is 6.92 Å². The minimum atomic E-state index is -0.364. The zero-order chi connectivity index (χ0) is 13.0. The molecule has 1 amide bonds. The third-order valence-corrected chi connectivity index (χ3v) is 2.32. The van der Waals surface area contributed by atoms with Gasteiger partial charge in [-0.05, 0) is 6.42 Å². The number of carbonyl (C=O) groups is 1. The van der Waals surface area contributed by atoms with E-state index in [1.54, 1.807) is 0 Å². The molecule has 7 nitrogen and oxygen atoms in total. The van der Waals surface area contributed by atoms with Gasteiger partial charge in [-0.2, -0.15) is 0 Å². The number of aromatic nitrogens is 3. The van der Waals surface area contributed by atoms with E-state index in [9.17, 15) is 9.59 Å². The third kappa shape index (κ3) is 2.82. The zero-order valence-corrected chi connectivity index (χ0v) is 9.79. The van der Waals surface area contributed by atoms with Crippen molar-refractivity contribution in [3.63, 3.8) is 0 Å². The van der Waals surface area contributed by atoms with Gasteiger partial charge in [-0.1, -0.05) is 12.1 Å². The van der Waals surface area contributed by atoms with Crippen LogP contribution in [0.3, 0.4) is 0 Å². The summed E-state index contributed by atoms with van der Waals surface area (Å²) >= 11 is 0. The molecule has 0 atom stereocenters. The van der Waals surface area contributed by atoms with Crippen LogP contribution in [0.15, 0.2) is 34.0 Å². The summed E-state index contributed by atoms with van der Waals surface area (Å²) in [5, 5.41) is 6.03. The molecule has 0 aliphatic rings. The highest BCUT2D eigenvalue weighted by Gasteiger charge is 2.07. The lowest BCUT2D eigenvalue weighted by molar-refractivity contribution is -0.116. The van der Waals surface area contributed by atoms with Crippen molar-refractivity contribution >= 4 is 11.7 Å². The van der Waals surface area contributed by atoms with E-state index >= 15 is 0 Å². The summed E-state index contributed by atoms with van der Waals surface area (Å²) in [6.07, 6.45) is 3.39. The molecule has 0 aromatic carbocycles. The molecule has 0 bridgehead atoms. The predicted octanol–water partition coefficient (Wildman–Crippen LogP) is 0.432. The SMILES string of the molecule is CCc1cc(=O)n(CC(=O)Nc2ccon2)cn1. The average molecular weight is 248 g/mol. The Morgan fingerprint density at radius 1 is 1.56 bits per heavy atom. The molecule has 2 rings (SSSR count). The van der Waals surface area contributed by atoms with Crippen LogP contribution in [0.25, 0.3) is 0 Å². The van der Waals surface area contributed by atoms with Crippen LogP contribution < -0.4 is 10.9 Å². The zero-order valence-electron chi connectivity index (χ0n) is 9.79. The second-order valence-corrected chi connectivity index (χ2v) is 3.63. The minimum Gasteiger partial charge on any atom is -0.363 e. The second-order valence-electron chi connectivity index (χ2n) is 3.63. The molecule has 7 heteroatoms. The number of carbonyl (C=O) groups excluding carboxylic acids is 1. The predicted molar refractivity (Wildman–Crippen MR) is 63.0 cm³/mol. The van der Waals surface area contributed by atoms with Crippen LogP contribution in [0.4, 0.5) is 5.82 Å². The Kier molecular flexibility index (Phi) is 3.52. The Morgan fingerprint density at radius 3 is 3.00 bits per heavy atom. The molecule has 0 saturated heterocycles. The number of rotatable bonds is 4. The van der Waals surface area contributed by atoms with Crippen molar-refractivity contribution in [2.24, 2.45) is 0 Å². The van der Waals surface area contributed by atoms with Crippen LogP contribution >= 0.6 is 0 Å². The van der Waals surface area contributed by atoms with Gasteiger partial charge in [-0.15, -0.1) is 0 Å². The molecular formula is C11H12N4O3. The largest absolute Gasteiger partial charge is 0.363 e. The van der Waals surface area contributed by atoms with E-state index in [0.717, 1.165) is 0 Å². The molecule has 2 heterocycles. The molecule has 2 aromatic rings. The summed E-state index contributed by atoms with van der Waals surface area (Å²) in [5.41, 5.74) is 0.449. The molecule has 18 heavy (non-hydrogen) atoms. The van der Waals surface area contributed by atoms with Crippen LogP contribution in [0.5, 0.6) is 0 Å². The fraction of sp³-hybridized carbons (Fsp3) is 0.273. The van der Waals surface area contributed by atoms with Crippen molar-refractivity contribution in [2.45, 2.75) is 19.9 Å². The number of hydrogen-bond acceptors (Lipinski definition) is 5. The fourth-order valence-electron chi connectivity index (χ4n) is 1.39. The van der Waals surface area contributed by atoms with E-state index in [0.29, 0.717) is 17.9 Å². The van der Waals surface area contributed by atoms with Gasteiger partial charge >= 0.3 is 0 Å². The van der Waals surface area contributed by atoms with Gasteiger partial charge in [-0.25, -0.2) is 4.98 Å². The van der Waals surface area contributed by atoms with Crippen molar-refractivity contribution < 1.29 is 9.32 Å². The molecule has 0 saturated carbocycles. The highest BCUT2D eigenvalue weighted by molar-refractivity contribution is 5.89. The summed E-state index contributed by atoms with van der Waals surface area (Å²) in [6.45, 7) is 1.80. The van der Waals surface area contributed by atoms with Gasteiger partial charge in [0.15, 0.2) is 5.82 Å². The first-order chi connectivity index (χ1) is 8.69. The standard InChI is InChI=1S/C11H12N4O3/c1-2-8-5-11(17)15(7-12-8)6-10(16)13-9-3-4-18-14-9/h3-5,7H,2,6H2,1H3,(H,13,14,16). The summed E-state index contributed by atoms with van der Waals surface area (Å²) in [5.74, 6) is -0.0526. The highest BCUT2D eigenvalue weighted by Crippen LogP contribution is 2.00. The second kappa shape index (κ2) is 5.26. The molecule has 0 spiro atoms. The number of amides is 1. The highest BCUT2D eigenvalue weighted by atomic mass is 16.5. The minimum absolute atomic E-state index is 0.108. The van der Waals surface area contributed by atoms with Crippen LogP contribution in [0.2, 0.25) is 0 Å². The van der Waals surface area contributed by atoms with Crippen molar-refractivity contribution in [2.75, 3.05) is 5.32 Å². The first-order valence-electron chi connectivity index (χ1n) is 5.44. The van der Waals surface area contributed by atoms with Crippen molar-refractivity contribution in [1.82, 2.24) is 14.7 Å². The van der Waals surface area contributed by atoms with E-state index in [2.05, 4.69) is 20.0 Å². The number of aryl methyl sites for hydroxylation is 1. The van der Waals surface area contributed by atoms with E-state index in [-0.39, 0.29) is 18.0 Å². The third-order valence-electron chi connectivity index (χ3n) is 2.32.